The molecule has 0 bridgehead atoms. The molecule has 0 rings (SSSR count). The van der Waals surface area contributed by atoms with Gasteiger partial charge in [-0.2, -0.15) is 0 Å². The van der Waals surface area contributed by atoms with Gasteiger partial charge in [-0.05, 0) is 47.6 Å². The quantitative estimate of drug-likeness (QED) is 0.643. The summed E-state index contributed by atoms with van der Waals surface area (Å²) >= 11 is 0. The molecule has 0 aromatic rings. The lowest BCUT2D eigenvalue weighted by atomic mass is 10.1. The maximum absolute atomic E-state index is 5.42. The molecule has 0 aromatic carbocycles. The van der Waals surface area contributed by atoms with E-state index in [2.05, 4.69) is 39.9 Å². The van der Waals surface area contributed by atoms with Gasteiger partial charge in [0.15, 0.2) is 0 Å². The van der Waals surface area contributed by atoms with Gasteiger partial charge >= 0.3 is 0 Å². The van der Waals surface area contributed by atoms with Gasteiger partial charge in [0.1, 0.15) is 0 Å². The van der Waals surface area contributed by atoms with E-state index in [1.165, 1.54) is 0 Å². The average molecular weight is 173 g/mol. The van der Waals surface area contributed by atoms with Crippen LogP contribution in [0.25, 0.3) is 0 Å². The standard InChI is InChI=1S/C10H23NO/c1-9(2)12-8-6-7-11-10(3,4)5/h9,11H,6-8H2,1-5H3. The van der Waals surface area contributed by atoms with Crippen LogP contribution in [0.15, 0.2) is 0 Å². The van der Waals surface area contributed by atoms with Crippen LogP contribution in [0.1, 0.15) is 41.0 Å². The van der Waals surface area contributed by atoms with Gasteiger partial charge in [0.05, 0.1) is 6.10 Å². The SMILES string of the molecule is CC(C)OCCCNC(C)(C)C. The fourth-order valence-electron chi connectivity index (χ4n) is 0.855. The molecule has 2 heteroatoms. The minimum absolute atomic E-state index is 0.234. The Balaban J connectivity index is 3.12. The second-order valence-electron chi connectivity index (χ2n) is 4.45. The van der Waals surface area contributed by atoms with Gasteiger partial charge in [-0.25, -0.2) is 0 Å². The minimum Gasteiger partial charge on any atom is -0.379 e. The summed E-state index contributed by atoms with van der Waals surface area (Å²) in [5, 5.41) is 3.42. The summed E-state index contributed by atoms with van der Waals surface area (Å²) in [5.74, 6) is 0. The molecule has 0 saturated carbocycles. The molecule has 0 radical (unpaired) electrons. The number of nitrogens with one attached hydrogen (secondary N) is 1. The van der Waals surface area contributed by atoms with Crippen molar-refractivity contribution < 1.29 is 4.74 Å². The zero-order chi connectivity index (χ0) is 9.61. The van der Waals surface area contributed by atoms with Gasteiger partial charge in [0, 0.05) is 12.1 Å². The van der Waals surface area contributed by atoms with Gasteiger partial charge in [-0.15, -0.1) is 0 Å². The first-order chi connectivity index (χ1) is 5.42. The van der Waals surface area contributed by atoms with Crippen LogP contribution in [-0.2, 0) is 4.74 Å². The molecule has 2 nitrogen and oxygen atoms in total. The number of hydrogen-bond donors (Lipinski definition) is 1. The third-order valence-electron chi connectivity index (χ3n) is 1.43. The van der Waals surface area contributed by atoms with E-state index in [-0.39, 0.29) is 5.54 Å². The summed E-state index contributed by atoms with van der Waals surface area (Å²) in [4.78, 5) is 0. The second kappa shape index (κ2) is 5.55. The van der Waals surface area contributed by atoms with Crippen LogP contribution in [0.3, 0.4) is 0 Å². The van der Waals surface area contributed by atoms with Crippen LogP contribution in [0.5, 0.6) is 0 Å². The summed E-state index contributed by atoms with van der Waals surface area (Å²) in [7, 11) is 0. The first-order valence-corrected chi connectivity index (χ1v) is 4.78. The molecule has 0 atom stereocenters. The lowest BCUT2D eigenvalue weighted by molar-refractivity contribution is 0.0762. The number of ether oxygens (including phenoxy) is 1. The second-order valence-corrected chi connectivity index (χ2v) is 4.45. The molecule has 0 aliphatic heterocycles. The Bertz CT molecular complexity index is 105. The smallest absolute Gasteiger partial charge is 0.0518 e. The van der Waals surface area contributed by atoms with Crippen molar-refractivity contribution in [1.82, 2.24) is 5.32 Å². The van der Waals surface area contributed by atoms with Gasteiger partial charge in [0.2, 0.25) is 0 Å². The highest BCUT2D eigenvalue weighted by Gasteiger charge is 2.06. The summed E-state index contributed by atoms with van der Waals surface area (Å²) in [5.41, 5.74) is 0.234. The van der Waals surface area contributed by atoms with Crippen molar-refractivity contribution in [1.29, 1.82) is 0 Å². The summed E-state index contributed by atoms with van der Waals surface area (Å²) < 4.78 is 5.42. The summed E-state index contributed by atoms with van der Waals surface area (Å²) in [6.07, 6.45) is 1.45. The highest BCUT2D eigenvalue weighted by atomic mass is 16.5. The minimum atomic E-state index is 0.234. The van der Waals surface area contributed by atoms with Crippen LogP contribution in [0.2, 0.25) is 0 Å². The van der Waals surface area contributed by atoms with E-state index in [9.17, 15) is 0 Å². The normalized spacial score (nSPS) is 12.5. The average Bonchev–Trinajstić information content (AvgIpc) is 1.83. The molecule has 0 fully saturated rings. The molecule has 0 heterocycles. The maximum Gasteiger partial charge on any atom is 0.0518 e. The van der Waals surface area contributed by atoms with Crippen molar-refractivity contribution in [2.75, 3.05) is 13.2 Å². The van der Waals surface area contributed by atoms with E-state index in [0.717, 1.165) is 19.6 Å². The monoisotopic (exact) mass is 173 g/mol. The Labute approximate surface area is 76.7 Å². The van der Waals surface area contributed by atoms with Gasteiger partial charge in [-0.1, -0.05) is 0 Å². The summed E-state index contributed by atoms with van der Waals surface area (Å²) in [6, 6.07) is 0. The molecule has 0 amide bonds. The van der Waals surface area contributed by atoms with Gasteiger partial charge in [-0.3, -0.25) is 0 Å². The van der Waals surface area contributed by atoms with Crippen molar-refractivity contribution in [3.05, 3.63) is 0 Å². The Hall–Kier alpha value is -0.0800. The first kappa shape index (κ1) is 11.9. The van der Waals surface area contributed by atoms with Crippen LogP contribution in [0, 0.1) is 0 Å². The van der Waals surface area contributed by atoms with Crippen molar-refractivity contribution >= 4 is 0 Å². The lowest BCUT2D eigenvalue weighted by Crippen LogP contribution is -2.36. The lowest BCUT2D eigenvalue weighted by Gasteiger charge is -2.20. The molecule has 0 aliphatic rings. The van der Waals surface area contributed by atoms with Crippen molar-refractivity contribution in [2.45, 2.75) is 52.7 Å². The molecule has 0 aliphatic carbocycles. The molecular formula is C10H23NO. The van der Waals surface area contributed by atoms with Crippen molar-refractivity contribution in [3.63, 3.8) is 0 Å². The van der Waals surface area contributed by atoms with E-state index in [1.807, 2.05) is 0 Å². The predicted molar refractivity (Wildman–Crippen MR) is 53.5 cm³/mol. The Kier molecular flexibility index (Phi) is 5.51. The van der Waals surface area contributed by atoms with E-state index >= 15 is 0 Å². The maximum atomic E-state index is 5.42. The first-order valence-electron chi connectivity index (χ1n) is 4.78. The Morgan fingerprint density at radius 2 is 1.83 bits per heavy atom. The summed E-state index contributed by atoms with van der Waals surface area (Å²) in [6.45, 7) is 12.6. The molecule has 1 N–H and O–H groups in total. The molecular weight excluding hydrogens is 150 g/mol. The van der Waals surface area contributed by atoms with Crippen LogP contribution >= 0.6 is 0 Å². The highest BCUT2D eigenvalue weighted by molar-refractivity contribution is 4.69. The van der Waals surface area contributed by atoms with Crippen LogP contribution in [0.4, 0.5) is 0 Å². The third kappa shape index (κ3) is 9.92. The zero-order valence-corrected chi connectivity index (χ0v) is 9.11. The molecule has 0 saturated heterocycles. The number of rotatable bonds is 5. The molecule has 0 spiro atoms. The fraction of sp³-hybridized carbons (Fsp3) is 1.00. The van der Waals surface area contributed by atoms with E-state index in [0.29, 0.717) is 6.10 Å². The van der Waals surface area contributed by atoms with Crippen LogP contribution in [-0.4, -0.2) is 24.8 Å². The van der Waals surface area contributed by atoms with Crippen molar-refractivity contribution in [3.8, 4) is 0 Å². The molecule has 0 aromatic heterocycles. The van der Waals surface area contributed by atoms with E-state index < -0.39 is 0 Å². The number of hydrogen-bond acceptors (Lipinski definition) is 2. The molecule has 0 unspecified atom stereocenters. The third-order valence-corrected chi connectivity index (χ3v) is 1.43. The van der Waals surface area contributed by atoms with Crippen molar-refractivity contribution in [2.24, 2.45) is 0 Å². The Morgan fingerprint density at radius 3 is 2.25 bits per heavy atom. The molecule has 74 valence electrons. The van der Waals surface area contributed by atoms with Gasteiger partial charge < -0.3 is 10.1 Å². The van der Waals surface area contributed by atoms with E-state index in [4.69, 9.17) is 4.74 Å². The topological polar surface area (TPSA) is 21.3 Å². The molecule has 12 heavy (non-hydrogen) atoms. The zero-order valence-electron chi connectivity index (χ0n) is 9.11. The van der Waals surface area contributed by atoms with E-state index in [1.54, 1.807) is 0 Å². The largest absolute Gasteiger partial charge is 0.379 e. The van der Waals surface area contributed by atoms with Crippen LogP contribution < -0.4 is 5.32 Å². The predicted octanol–water partition coefficient (Wildman–Crippen LogP) is 2.19. The highest BCUT2D eigenvalue weighted by Crippen LogP contribution is 1.98. The fourth-order valence-corrected chi connectivity index (χ4v) is 0.855. The Morgan fingerprint density at radius 1 is 1.25 bits per heavy atom. The van der Waals surface area contributed by atoms with Gasteiger partial charge in [0.25, 0.3) is 0 Å².